The Balaban J connectivity index is 2.42. The molecular formula is C10H6ClFN2O2. The third-order valence-electron chi connectivity index (χ3n) is 2.00. The maximum absolute atomic E-state index is 12.9. The zero-order valence-electron chi connectivity index (χ0n) is 7.87. The molecule has 2 aromatic rings. The molecule has 0 spiro atoms. The fourth-order valence-electron chi connectivity index (χ4n) is 1.22. The quantitative estimate of drug-likeness (QED) is 0.848. The molecule has 2 rings (SSSR count). The minimum atomic E-state index is -1.10. The van der Waals surface area contributed by atoms with Gasteiger partial charge in [0.2, 0.25) is 0 Å². The number of rotatable bonds is 2. The van der Waals surface area contributed by atoms with Gasteiger partial charge in [0, 0.05) is 5.56 Å². The van der Waals surface area contributed by atoms with Crippen molar-refractivity contribution < 1.29 is 14.3 Å². The number of aromatic nitrogens is 2. The normalized spacial score (nSPS) is 10.4. The molecule has 0 amide bonds. The largest absolute Gasteiger partial charge is 0.477 e. The maximum Gasteiger partial charge on any atom is 0.353 e. The first kappa shape index (κ1) is 10.6. The number of benzene rings is 1. The van der Waals surface area contributed by atoms with Crippen molar-refractivity contribution >= 4 is 17.6 Å². The number of hydrogen-bond donors (Lipinski definition) is 2. The van der Waals surface area contributed by atoms with Gasteiger partial charge in [-0.2, -0.15) is 0 Å². The maximum atomic E-state index is 12.9. The molecule has 0 saturated carbocycles. The van der Waals surface area contributed by atoms with E-state index in [9.17, 15) is 9.18 Å². The highest BCUT2D eigenvalue weighted by atomic mass is 35.5. The van der Waals surface area contributed by atoms with Crippen LogP contribution in [-0.2, 0) is 0 Å². The molecule has 0 fully saturated rings. The molecule has 6 heteroatoms. The van der Waals surface area contributed by atoms with Gasteiger partial charge in [0.25, 0.3) is 0 Å². The molecule has 0 aliphatic heterocycles. The summed E-state index contributed by atoms with van der Waals surface area (Å²) in [6.07, 6.45) is 1.19. The molecule has 2 N–H and O–H groups in total. The number of carboxylic acid groups (broad SMARTS) is 1. The first-order valence-corrected chi connectivity index (χ1v) is 4.69. The van der Waals surface area contributed by atoms with Gasteiger partial charge >= 0.3 is 5.97 Å². The standard InChI is InChI=1S/C10H6ClFN2O2/c11-6-3-5(1-2-7(6)12)9-13-4-8(14-9)10(15)16/h1-4H,(H,13,14)(H,15,16). The van der Waals surface area contributed by atoms with Crippen LogP contribution in [0.1, 0.15) is 10.5 Å². The minimum Gasteiger partial charge on any atom is -0.477 e. The third-order valence-corrected chi connectivity index (χ3v) is 2.29. The summed E-state index contributed by atoms with van der Waals surface area (Å²) in [5, 5.41) is 8.65. The second kappa shape index (κ2) is 3.94. The fraction of sp³-hybridized carbons (Fsp3) is 0. The van der Waals surface area contributed by atoms with Crippen LogP contribution in [0.2, 0.25) is 5.02 Å². The molecule has 0 bridgehead atoms. The van der Waals surface area contributed by atoms with Gasteiger partial charge in [-0.25, -0.2) is 14.2 Å². The van der Waals surface area contributed by atoms with Crippen LogP contribution in [0.4, 0.5) is 4.39 Å². The van der Waals surface area contributed by atoms with Gasteiger partial charge in [0.05, 0.1) is 11.2 Å². The number of imidazole rings is 1. The first-order chi connectivity index (χ1) is 7.58. The minimum absolute atomic E-state index is 0.0320. The van der Waals surface area contributed by atoms with E-state index in [0.717, 1.165) is 0 Å². The molecule has 16 heavy (non-hydrogen) atoms. The van der Waals surface area contributed by atoms with Crippen LogP contribution in [0.25, 0.3) is 11.4 Å². The van der Waals surface area contributed by atoms with Crippen molar-refractivity contribution in [3.63, 3.8) is 0 Å². The van der Waals surface area contributed by atoms with Crippen LogP contribution in [0.3, 0.4) is 0 Å². The van der Waals surface area contributed by atoms with E-state index < -0.39 is 11.8 Å². The zero-order chi connectivity index (χ0) is 11.7. The van der Waals surface area contributed by atoms with Crippen molar-refractivity contribution in [2.45, 2.75) is 0 Å². The summed E-state index contributed by atoms with van der Waals surface area (Å²) in [4.78, 5) is 17.1. The van der Waals surface area contributed by atoms with Crippen LogP contribution in [-0.4, -0.2) is 21.0 Å². The van der Waals surface area contributed by atoms with Crippen LogP contribution in [0.15, 0.2) is 24.4 Å². The van der Waals surface area contributed by atoms with Crippen molar-refractivity contribution in [3.05, 3.63) is 40.9 Å². The van der Waals surface area contributed by atoms with E-state index in [1.165, 1.54) is 24.4 Å². The van der Waals surface area contributed by atoms with Crippen molar-refractivity contribution in [1.82, 2.24) is 9.97 Å². The van der Waals surface area contributed by atoms with Crippen LogP contribution in [0.5, 0.6) is 0 Å². The number of aromatic carboxylic acids is 1. The van der Waals surface area contributed by atoms with Gasteiger partial charge in [-0.05, 0) is 18.2 Å². The molecule has 4 nitrogen and oxygen atoms in total. The molecule has 1 heterocycles. The lowest BCUT2D eigenvalue weighted by Gasteiger charge is -1.98. The van der Waals surface area contributed by atoms with Crippen molar-refractivity contribution in [3.8, 4) is 11.4 Å². The van der Waals surface area contributed by atoms with Gasteiger partial charge in [-0.3, -0.25) is 0 Å². The third kappa shape index (κ3) is 1.90. The topological polar surface area (TPSA) is 66.0 Å². The van der Waals surface area contributed by atoms with E-state index in [-0.39, 0.29) is 10.7 Å². The highest BCUT2D eigenvalue weighted by Gasteiger charge is 2.10. The van der Waals surface area contributed by atoms with Gasteiger partial charge in [0.1, 0.15) is 17.3 Å². The Labute approximate surface area is 94.7 Å². The average Bonchev–Trinajstić information content (AvgIpc) is 2.71. The molecule has 0 atom stereocenters. The predicted octanol–water partition coefficient (Wildman–Crippen LogP) is 2.57. The van der Waals surface area contributed by atoms with E-state index in [2.05, 4.69) is 9.97 Å². The van der Waals surface area contributed by atoms with Gasteiger partial charge in [-0.15, -0.1) is 0 Å². The smallest absolute Gasteiger partial charge is 0.353 e. The first-order valence-electron chi connectivity index (χ1n) is 4.31. The van der Waals surface area contributed by atoms with E-state index >= 15 is 0 Å². The number of hydrogen-bond acceptors (Lipinski definition) is 2. The number of carboxylic acids is 1. The Hall–Kier alpha value is -1.88. The second-order valence-electron chi connectivity index (χ2n) is 3.08. The second-order valence-corrected chi connectivity index (χ2v) is 3.49. The number of nitrogens with zero attached hydrogens (tertiary/aromatic N) is 1. The lowest BCUT2D eigenvalue weighted by molar-refractivity contribution is 0.0691. The Morgan fingerprint density at radius 3 is 2.81 bits per heavy atom. The van der Waals surface area contributed by atoms with E-state index in [0.29, 0.717) is 11.4 Å². The molecular weight excluding hydrogens is 235 g/mol. The summed E-state index contributed by atoms with van der Waals surface area (Å²) in [5.74, 6) is -1.30. The van der Waals surface area contributed by atoms with E-state index in [1.54, 1.807) is 0 Å². The highest BCUT2D eigenvalue weighted by Crippen LogP contribution is 2.22. The number of nitrogens with one attached hydrogen (secondary N) is 1. The summed E-state index contributed by atoms with van der Waals surface area (Å²) < 4.78 is 12.9. The number of aromatic amines is 1. The molecule has 0 aliphatic carbocycles. The molecule has 82 valence electrons. The summed E-state index contributed by atoms with van der Waals surface area (Å²) in [6.45, 7) is 0. The Kier molecular flexibility index (Phi) is 2.62. The number of halogens is 2. The Morgan fingerprint density at radius 2 is 2.25 bits per heavy atom. The lowest BCUT2D eigenvalue weighted by atomic mass is 10.2. The highest BCUT2D eigenvalue weighted by molar-refractivity contribution is 6.31. The van der Waals surface area contributed by atoms with E-state index in [4.69, 9.17) is 16.7 Å². The number of carbonyl (C=O) groups is 1. The van der Waals surface area contributed by atoms with Crippen molar-refractivity contribution in [2.24, 2.45) is 0 Å². The Bertz CT molecular complexity index is 554. The van der Waals surface area contributed by atoms with E-state index in [1.807, 2.05) is 0 Å². The molecule has 0 radical (unpaired) electrons. The van der Waals surface area contributed by atoms with Crippen molar-refractivity contribution in [1.29, 1.82) is 0 Å². The molecule has 1 aromatic heterocycles. The van der Waals surface area contributed by atoms with Crippen LogP contribution >= 0.6 is 11.6 Å². The van der Waals surface area contributed by atoms with Gasteiger partial charge in [0.15, 0.2) is 0 Å². The van der Waals surface area contributed by atoms with Gasteiger partial charge < -0.3 is 10.1 Å². The average molecular weight is 241 g/mol. The van der Waals surface area contributed by atoms with Crippen molar-refractivity contribution in [2.75, 3.05) is 0 Å². The SMILES string of the molecule is O=C(O)c1cnc(-c2ccc(F)c(Cl)c2)[nH]1. The predicted molar refractivity (Wildman–Crippen MR) is 56.0 cm³/mol. The fourth-order valence-corrected chi connectivity index (χ4v) is 1.40. The van der Waals surface area contributed by atoms with Crippen LogP contribution in [0, 0.1) is 5.82 Å². The molecule has 0 aliphatic rings. The van der Waals surface area contributed by atoms with Crippen LogP contribution < -0.4 is 0 Å². The molecule has 1 aromatic carbocycles. The monoisotopic (exact) mass is 240 g/mol. The lowest BCUT2D eigenvalue weighted by Crippen LogP contribution is -1.95. The Morgan fingerprint density at radius 1 is 1.50 bits per heavy atom. The summed E-state index contributed by atoms with van der Waals surface area (Å²) >= 11 is 5.60. The zero-order valence-corrected chi connectivity index (χ0v) is 8.62. The molecule has 0 unspecified atom stereocenters. The summed E-state index contributed by atoms with van der Waals surface area (Å²) in [5.41, 5.74) is 0.495. The molecule has 0 saturated heterocycles. The summed E-state index contributed by atoms with van der Waals surface area (Å²) in [6, 6.07) is 4.04. The van der Waals surface area contributed by atoms with Gasteiger partial charge in [-0.1, -0.05) is 11.6 Å². The number of H-pyrrole nitrogens is 1. The summed E-state index contributed by atoms with van der Waals surface area (Å²) in [7, 11) is 0.